The lowest BCUT2D eigenvalue weighted by atomic mass is 9.90. The van der Waals surface area contributed by atoms with Gasteiger partial charge < -0.3 is 20.9 Å². The van der Waals surface area contributed by atoms with Crippen LogP contribution in [-0.4, -0.2) is 33.3 Å². The van der Waals surface area contributed by atoms with Crippen LogP contribution in [0.2, 0.25) is 0 Å². The highest BCUT2D eigenvalue weighted by atomic mass is 16.6. The maximum atomic E-state index is 11.9. The van der Waals surface area contributed by atoms with Crippen LogP contribution in [0.4, 0.5) is 10.5 Å². The van der Waals surface area contributed by atoms with Crippen molar-refractivity contribution < 1.29 is 19.4 Å². The number of aromatic nitrogens is 1. The van der Waals surface area contributed by atoms with Gasteiger partial charge in [0.15, 0.2) is 0 Å². The van der Waals surface area contributed by atoms with E-state index in [1.807, 2.05) is 0 Å². The number of nitrogens with two attached hydrogens (primary N) is 1. The van der Waals surface area contributed by atoms with Gasteiger partial charge in [-0.2, -0.15) is 0 Å². The van der Waals surface area contributed by atoms with Crippen LogP contribution in [0.15, 0.2) is 18.3 Å². The number of ether oxygens (including phenoxy) is 1. The van der Waals surface area contributed by atoms with Crippen molar-refractivity contribution in [2.24, 2.45) is 0 Å². The molecule has 0 fully saturated rings. The maximum Gasteiger partial charge on any atom is 0.408 e. The number of hydrogen-bond donors (Lipinski definition) is 3. The molecule has 0 spiro atoms. The van der Waals surface area contributed by atoms with Gasteiger partial charge >= 0.3 is 12.1 Å². The summed E-state index contributed by atoms with van der Waals surface area (Å²) in [4.78, 5) is 27.7. The number of nitrogen functional groups attached to an aromatic ring is 1. The quantitative estimate of drug-likeness (QED) is 0.766. The Bertz CT molecular complexity index is 537. The zero-order valence-electron chi connectivity index (χ0n) is 13.3. The predicted octanol–water partition coefficient (Wildman–Crippen LogP) is 1.96. The zero-order valence-corrected chi connectivity index (χ0v) is 13.3. The molecule has 7 heteroatoms. The Hall–Kier alpha value is -2.31. The van der Waals surface area contributed by atoms with Crippen molar-refractivity contribution in [1.82, 2.24) is 10.3 Å². The molecular weight excluding hydrogens is 286 g/mol. The number of anilines is 1. The number of pyridine rings is 1. The Morgan fingerprint density at radius 1 is 1.36 bits per heavy atom. The maximum absolute atomic E-state index is 11.9. The highest BCUT2D eigenvalue weighted by Gasteiger charge is 2.40. The van der Waals surface area contributed by atoms with Crippen LogP contribution >= 0.6 is 0 Å². The van der Waals surface area contributed by atoms with Crippen LogP contribution in [0.3, 0.4) is 0 Å². The number of rotatable bonds is 5. The molecule has 0 saturated carbocycles. The first kappa shape index (κ1) is 17.7. The number of hydrogen-bond acceptors (Lipinski definition) is 5. The normalized spacial score (nSPS) is 14.0. The monoisotopic (exact) mass is 309 g/mol. The Kier molecular flexibility index (Phi) is 5.35. The van der Waals surface area contributed by atoms with E-state index < -0.39 is 23.2 Å². The van der Waals surface area contributed by atoms with E-state index in [1.54, 1.807) is 39.8 Å². The van der Waals surface area contributed by atoms with E-state index in [1.165, 1.54) is 6.20 Å². The molecule has 7 nitrogen and oxygen atoms in total. The van der Waals surface area contributed by atoms with Gasteiger partial charge in [-0.1, -0.05) is 6.92 Å². The number of carbonyl (C=O) groups excluding carboxylic acids is 1. The van der Waals surface area contributed by atoms with Gasteiger partial charge in [-0.05, 0) is 39.3 Å². The van der Waals surface area contributed by atoms with Crippen molar-refractivity contribution in [2.75, 3.05) is 5.73 Å². The van der Waals surface area contributed by atoms with E-state index in [2.05, 4.69) is 10.3 Å². The summed E-state index contributed by atoms with van der Waals surface area (Å²) in [6.07, 6.45) is 0.907. The van der Waals surface area contributed by atoms with Gasteiger partial charge in [-0.15, -0.1) is 0 Å². The van der Waals surface area contributed by atoms with Crippen molar-refractivity contribution >= 4 is 17.7 Å². The number of amides is 1. The molecular formula is C15H23N3O4. The van der Waals surface area contributed by atoms with Crippen LogP contribution in [0, 0.1) is 0 Å². The summed E-state index contributed by atoms with van der Waals surface area (Å²) in [7, 11) is 0. The van der Waals surface area contributed by atoms with Crippen molar-refractivity contribution in [1.29, 1.82) is 0 Å². The van der Waals surface area contributed by atoms with E-state index in [0.29, 0.717) is 11.4 Å². The number of aliphatic carboxylic acids is 1. The Balaban J connectivity index is 2.97. The third kappa shape index (κ3) is 4.91. The molecule has 0 unspecified atom stereocenters. The molecule has 0 radical (unpaired) electrons. The van der Waals surface area contributed by atoms with E-state index in [-0.39, 0.29) is 12.8 Å². The molecule has 1 aromatic rings. The second-order valence-corrected chi connectivity index (χ2v) is 6.13. The molecule has 22 heavy (non-hydrogen) atoms. The molecule has 122 valence electrons. The molecule has 0 aromatic carbocycles. The highest BCUT2D eigenvalue weighted by molar-refractivity contribution is 5.84. The standard InChI is InChI=1S/C15H23N3O4/c1-5-15(12(19)20,18-13(21)22-14(2,3)4)8-11-7-6-10(16)9-17-11/h6-7,9H,5,8,16H2,1-4H3,(H,18,21)(H,19,20)/t15-/m0/s1. The average molecular weight is 309 g/mol. The summed E-state index contributed by atoms with van der Waals surface area (Å²) >= 11 is 0. The van der Waals surface area contributed by atoms with Crippen LogP contribution in [-0.2, 0) is 16.0 Å². The van der Waals surface area contributed by atoms with Gasteiger partial charge in [0.25, 0.3) is 0 Å². The molecule has 1 amide bonds. The topological polar surface area (TPSA) is 115 Å². The lowest BCUT2D eigenvalue weighted by molar-refractivity contribution is -0.145. The summed E-state index contributed by atoms with van der Waals surface area (Å²) in [5, 5.41) is 12.0. The van der Waals surface area contributed by atoms with Crippen molar-refractivity contribution in [3.63, 3.8) is 0 Å². The largest absolute Gasteiger partial charge is 0.479 e. The second-order valence-electron chi connectivity index (χ2n) is 6.13. The fourth-order valence-corrected chi connectivity index (χ4v) is 1.89. The molecule has 1 rings (SSSR count). The molecule has 0 bridgehead atoms. The number of nitrogens with zero attached hydrogens (tertiary/aromatic N) is 1. The molecule has 0 aliphatic rings. The van der Waals surface area contributed by atoms with E-state index in [9.17, 15) is 14.7 Å². The van der Waals surface area contributed by atoms with Gasteiger partial charge in [0.2, 0.25) is 0 Å². The fraction of sp³-hybridized carbons (Fsp3) is 0.533. The zero-order chi connectivity index (χ0) is 17.0. The predicted molar refractivity (Wildman–Crippen MR) is 82.4 cm³/mol. The molecule has 1 aromatic heterocycles. The van der Waals surface area contributed by atoms with Gasteiger partial charge in [0, 0.05) is 12.1 Å². The molecule has 0 saturated heterocycles. The molecule has 0 aliphatic heterocycles. The van der Waals surface area contributed by atoms with Crippen molar-refractivity contribution in [3.8, 4) is 0 Å². The first-order valence-electron chi connectivity index (χ1n) is 7.03. The number of carbonyl (C=O) groups is 2. The van der Waals surface area contributed by atoms with Gasteiger partial charge in [0.1, 0.15) is 11.1 Å². The molecule has 0 aliphatic carbocycles. The smallest absolute Gasteiger partial charge is 0.408 e. The van der Waals surface area contributed by atoms with Crippen LogP contribution < -0.4 is 11.1 Å². The Morgan fingerprint density at radius 3 is 2.41 bits per heavy atom. The average Bonchev–Trinajstić information content (AvgIpc) is 2.38. The van der Waals surface area contributed by atoms with Crippen LogP contribution in [0.1, 0.15) is 39.8 Å². The minimum atomic E-state index is -1.48. The molecule has 4 N–H and O–H groups in total. The third-order valence-corrected chi connectivity index (χ3v) is 3.08. The van der Waals surface area contributed by atoms with Gasteiger partial charge in [-0.25, -0.2) is 9.59 Å². The molecule has 1 atom stereocenters. The lowest BCUT2D eigenvalue weighted by Gasteiger charge is -2.30. The number of nitrogens with one attached hydrogen (secondary N) is 1. The fourth-order valence-electron chi connectivity index (χ4n) is 1.89. The van der Waals surface area contributed by atoms with Crippen molar-refractivity contribution in [3.05, 3.63) is 24.0 Å². The second kappa shape index (κ2) is 6.64. The van der Waals surface area contributed by atoms with Crippen LogP contribution in [0.25, 0.3) is 0 Å². The summed E-state index contributed by atoms with van der Waals surface area (Å²) in [6, 6.07) is 3.28. The third-order valence-electron chi connectivity index (χ3n) is 3.08. The lowest BCUT2D eigenvalue weighted by Crippen LogP contribution is -2.56. The molecule has 1 heterocycles. The summed E-state index contributed by atoms with van der Waals surface area (Å²) < 4.78 is 5.15. The summed E-state index contributed by atoms with van der Waals surface area (Å²) in [6.45, 7) is 6.82. The van der Waals surface area contributed by atoms with E-state index >= 15 is 0 Å². The van der Waals surface area contributed by atoms with E-state index in [4.69, 9.17) is 10.5 Å². The number of carboxylic acids is 1. The van der Waals surface area contributed by atoms with Crippen molar-refractivity contribution in [2.45, 2.75) is 51.7 Å². The van der Waals surface area contributed by atoms with Crippen LogP contribution in [0.5, 0.6) is 0 Å². The number of carboxylic acid groups (broad SMARTS) is 1. The van der Waals surface area contributed by atoms with Gasteiger partial charge in [0.05, 0.1) is 11.9 Å². The highest BCUT2D eigenvalue weighted by Crippen LogP contribution is 2.19. The number of alkyl carbamates (subject to hydrolysis) is 1. The first-order valence-corrected chi connectivity index (χ1v) is 7.03. The first-order chi connectivity index (χ1) is 10.1. The Labute approximate surface area is 129 Å². The summed E-state index contributed by atoms with van der Waals surface area (Å²) in [5.74, 6) is -1.14. The van der Waals surface area contributed by atoms with E-state index in [0.717, 1.165) is 0 Å². The minimum absolute atomic E-state index is 0.0400. The Morgan fingerprint density at radius 2 is 2.00 bits per heavy atom. The SMILES string of the molecule is CC[C@@](Cc1ccc(N)cn1)(NC(=O)OC(C)(C)C)C(=O)O. The summed E-state index contributed by atoms with van der Waals surface area (Å²) in [5.41, 5.74) is 4.39. The van der Waals surface area contributed by atoms with Gasteiger partial charge in [-0.3, -0.25) is 4.98 Å². The minimum Gasteiger partial charge on any atom is -0.479 e.